The van der Waals surface area contributed by atoms with Gasteiger partial charge in [-0.1, -0.05) is 73.6 Å². The molecule has 0 saturated carbocycles. The molecule has 0 radical (unpaired) electrons. The van der Waals surface area contributed by atoms with Gasteiger partial charge in [0.2, 0.25) is 0 Å². The first kappa shape index (κ1) is 18.7. The smallest absolute Gasteiger partial charge is 0.319 e. The van der Waals surface area contributed by atoms with Crippen molar-refractivity contribution in [3.05, 3.63) is 59.7 Å². The third-order valence-electron chi connectivity index (χ3n) is 4.88. The van der Waals surface area contributed by atoms with Gasteiger partial charge in [0.1, 0.15) is 5.25 Å². The largest absolute Gasteiger partial charge is 0.465 e. The van der Waals surface area contributed by atoms with E-state index in [1.807, 2.05) is 6.07 Å². The van der Waals surface area contributed by atoms with E-state index in [0.29, 0.717) is 24.1 Å². The van der Waals surface area contributed by atoms with Crippen LogP contribution in [0.2, 0.25) is 0 Å². The van der Waals surface area contributed by atoms with Gasteiger partial charge in [0.25, 0.3) is 0 Å². The fraction of sp³-hybridized carbons (Fsp3) is 0.318. The number of cyclic esters (lactones) is 1. The highest BCUT2D eigenvalue weighted by molar-refractivity contribution is 8.00. The average Bonchev–Trinajstić information content (AvgIpc) is 3.29. The molecule has 1 aromatic heterocycles. The highest BCUT2D eigenvalue weighted by Gasteiger charge is 2.30. The summed E-state index contributed by atoms with van der Waals surface area (Å²) in [5.41, 5.74) is 4.46. The number of benzene rings is 2. The van der Waals surface area contributed by atoms with Crippen LogP contribution in [0, 0.1) is 6.92 Å². The zero-order chi connectivity index (χ0) is 19.7. The summed E-state index contributed by atoms with van der Waals surface area (Å²) < 4.78 is 7.21. The molecule has 0 amide bonds. The maximum atomic E-state index is 12.0. The van der Waals surface area contributed by atoms with Gasteiger partial charge >= 0.3 is 5.97 Å². The minimum Gasteiger partial charge on any atom is -0.465 e. The second kappa shape index (κ2) is 7.80. The standard InChI is InChI=1S/C22H23N3O2S/c1-14(2)17-6-4-5-7-18(17)25-20(16-10-8-15(3)9-11-16)23-24-22(25)28-19-12-13-27-21(19)26/h4-11,14,19H,12-13H2,1-3H3. The lowest BCUT2D eigenvalue weighted by Gasteiger charge is -2.17. The number of carbonyl (C=O) groups is 1. The molecule has 2 aromatic carbocycles. The first-order valence-electron chi connectivity index (χ1n) is 9.49. The number of esters is 1. The van der Waals surface area contributed by atoms with Crippen molar-refractivity contribution in [2.45, 2.75) is 43.5 Å². The van der Waals surface area contributed by atoms with Gasteiger partial charge in [0.05, 0.1) is 12.3 Å². The molecule has 2 heterocycles. The second-order valence-corrected chi connectivity index (χ2v) is 8.45. The molecule has 144 valence electrons. The topological polar surface area (TPSA) is 57.0 Å². The lowest BCUT2D eigenvalue weighted by atomic mass is 10.0. The summed E-state index contributed by atoms with van der Waals surface area (Å²) in [5.74, 6) is 0.953. The molecule has 1 unspecified atom stereocenters. The number of thioether (sulfide) groups is 1. The molecule has 1 aliphatic rings. The second-order valence-electron chi connectivity index (χ2n) is 7.28. The Morgan fingerprint density at radius 3 is 2.54 bits per heavy atom. The van der Waals surface area contributed by atoms with E-state index in [-0.39, 0.29) is 11.2 Å². The maximum absolute atomic E-state index is 12.0. The Morgan fingerprint density at radius 1 is 1.11 bits per heavy atom. The molecule has 0 bridgehead atoms. The van der Waals surface area contributed by atoms with E-state index in [2.05, 4.69) is 78.0 Å². The van der Waals surface area contributed by atoms with Gasteiger partial charge in [0.15, 0.2) is 11.0 Å². The summed E-state index contributed by atoms with van der Waals surface area (Å²) in [6.45, 7) is 6.89. The van der Waals surface area contributed by atoms with Crippen LogP contribution in [0.1, 0.15) is 37.3 Å². The molecule has 1 saturated heterocycles. The molecule has 6 heteroatoms. The molecule has 4 rings (SSSR count). The van der Waals surface area contributed by atoms with Crippen LogP contribution in [0.4, 0.5) is 0 Å². The van der Waals surface area contributed by atoms with Crippen molar-refractivity contribution in [2.24, 2.45) is 0 Å². The van der Waals surface area contributed by atoms with Gasteiger partial charge in [0, 0.05) is 12.0 Å². The number of hydrogen-bond donors (Lipinski definition) is 0. The number of nitrogens with zero attached hydrogens (tertiary/aromatic N) is 3. The zero-order valence-corrected chi connectivity index (χ0v) is 17.1. The predicted molar refractivity (Wildman–Crippen MR) is 111 cm³/mol. The van der Waals surface area contributed by atoms with Crippen LogP contribution in [0.25, 0.3) is 17.1 Å². The van der Waals surface area contributed by atoms with Crippen LogP contribution in [0.3, 0.4) is 0 Å². The summed E-state index contributed by atoms with van der Waals surface area (Å²) in [7, 11) is 0. The fourth-order valence-electron chi connectivity index (χ4n) is 3.34. The molecule has 0 aliphatic carbocycles. The average molecular weight is 394 g/mol. The Morgan fingerprint density at radius 2 is 1.86 bits per heavy atom. The Balaban J connectivity index is 1.86. The van der Waals surface area contributed by atoms with E-state index in [4.69, 9.17) is 4.74 Å². The highest BCUT2D eigenvalue weighted by atomic mass is 32.2. The lowest BCUT2D eigenvalue weighted by molar-refractivity contribution is -0.137. The molecular weight excluding hydrogens is 370 g/mol. The van der Waals surface area contributed by atoms with Gasteiger partial charge in [-0.15, -0.1) is 10.2 Å². The van der Waals surface area contributed by atoms with Crippen molar-refractivity contribution in [1.29, 1.82) is 0 Å². The van der Waals surface area contributed by atoms with Crippen LogP contribution in [-0.4, -0.2) is 32.6 Å². The van der Waals surface area contributed by atoms with E-state index < -0.39 is 0 Å². The summed E-state index contributed by atoms with van der Waals surface area (Å²) in [6, 6.07) is 16.6. The van der Waals surface area contributed by atoms with Gasteiger partial charge in [-0.3, -0.25) is 9.36 Å². The summed E-state index contributed by atoms with van der Waals surface area (Å²) in [4.78, 5) is 12.0. The molecule has 3 aromatic rings. The van der Waals surface area contributed by atoms with Crippen LogP contribution >= 0.6 is 11.8 Å². The number of rotatable bonds is 5. The van der Waals surface area contributed by atoms with Crippen molar-refractivity contribution >= 4 is 17.7 Å². The van der Waals surface area contributed by atoms with Crippen molar-refractivity contribution in [3.8, 4) is 17.1 Å². The minimum atomic E-state index is -0.236. The van der Waals surface area contributed by atoms with Crippen LogP contribution in [0.5, 0.6) is 0 Å². The molecule has 5 nitrogen and oxygen atoms in total. The molecule has 0 N–H and O–H groups in total. The summed E-state index contributed by atoms with van der Waals surface area (Å²) in [5, 5.41) is 9.44. The molecular formula is C22H23N3O2S. The quantitative estimate of drug-likeness (QED) is 0.584. The van der Waals surface area contributed by atoms with E-state index in [0.717, 1.165) is 17.1 Å². The molecule has 1 atom stereocenters. The highest BCUT2D eigenvalue weighted by Crippen LogP contribution is 2.35. The van der Waals surface area contributed by atoms with Gasteiger partial charge in [-0.25, -0.2) is 0 Å². The predicted octanol–water partition coefficient (Wildman–Crippen LogP) is 4.77. The van der Waals surface area contributed by atoms with Crippen molar-refractivity contribution in [1.82, 2.24) is 14.8 Å². The van der Waals surface area contributed by atoms with Crippen molar-refractivity contribution < 1.29 is 9.53 Å². The third-order valence-corrected chi connectivity index (χ3v) is 6.07. The molecule has 0 spiro atoms. The van der Waals surface area contributed by atoms with E-state index in [1.165, 1.54) is 22.9 Å². The Kier molecular flexibility index (Phi) is 5.22. The Hall–Kier alpha value is -2.60. The Labute approximate surface area is 169 Å². The number of ether oxygens (including phenoxy) is 1. The Bertz CT molecular complexity index is 995. The van der Waals surface area contributed by atoms with E-state index in [9.17, 15) is 4.79 Å². The number of hydrogen-bond acceptors (Lipinski definition) is 5. The van der Waals surface area contributed by atoms with Gasteiger partial charge < -0.3 is 4.74 Å². The van der Waals surface area contributed by atoms with Crippen LogP contribution < -0.4 is 0 Å². The summed E-state index contributed by atoms with van der Waals surface area (Å²) >= 11 is 1.43. The van der Waals surface area contributed by atoms with E-state index in [1.54, 1.807) is 0 Å². The van der Waals surface area contributed by atoms with Crippen LogP contribution in [0.15, 0.2) is 53.7 Å². The van der Waals surface area contributed by atoms with Gasteiger partial charge in [-0.2, -0.15) is 0 Å². The molecule has 1 aliphatic heterocycles. The van der Waals surface area contributed by atoms with Crippen LogP contribution in [-0.2, 0) is 9.53 Å². The maximum Gasteiger partial charge on any atom is 0.319 e. The third kappa shape index (κ3) is 3.56. The minimum absolute atomic E-state index is 0.173. The normalized spacial score (nSPS) is 16.6. The van der Waals surface area contributed by atoms with Crippen molar-refractivity contribution in [3.63, 3.8) is 0 Å². The number of aryl methyl sites for hydroxylation is 1. The zero-order valence-electron chi connectivity index (χ0n) is 16.3. The van der Waals surface area contributed by atoms with E-state index >= 15 is 0 Å². The number of aromatic nitrogens is 3. The SMILES string of the molecule is Cc1ccc(-c2nnc(SC3CCOC3=O)n2-c2ccccc2C(C)C)cc1. The monoisotopic (exact) mass is 393 g/mol. The molecule has 28 heavy (non-hydrogen) atoms. The number of carbonyl (C=O) groups excluding carboxylic acids is 1. The first-order valence-corrected chi connectivity index (χ1v) is 10.4. The lowest BCUT2D eigenvalue weighted by Crippen LogP contribution is -2.12. The van der Waals surface area contributed by atoms with Crippen molar-refractivity contribution in [2.75, 3.05) is 6.61 Å². The number of para-hydroxylation sites is 1. The fourth-order valence-corrected chi connectivity index (χ4v) is 4.36. The summed E-state index contributed by atoms with van der Waals surface area (Å²) in [6.07, 6.45) is 0.696. The molecule has 1 fully saturated rings. The first-order chi connectivity index (χ1) is 13.5. The van der Waals surface area contributed by atoms with Gasteiger partial charge in [-0.05, 0) is 24.5 Å².